The molecule has 1 atom stereocenters. The number of rotatable bonds is 4. The maximum absolute atomic E-state index is 12.0. The molecule has 0 spiro atoms. The van der Waals surface area contributed by atoms with Crippen LogP contribution < -0.4 is 0 Å². The average Bonchev–Trinajstić information content (AvgIpc) is 2.90. The molecule has 21 heavy (non-hydrogen) atoms. The lowest BCUT2D eigenvalue weighted by Gasteiger charge is -2.12. The largest absolute Gasteiger partial charge is 0.459 e. The van der Waals surface area contributed by atoms with Gasteiger partial charge in [-0.2, -0.15) is 0 Å². The minimum absolute atomic E-state index is 0.0664. The zero-order valence-corrected chi connectivity index (χ0v) is 14.6. The Morgan fingerprint density at radius 1 is 1.48 bits per heavy atom. The van der Waals surface area contributed by atoms with Crippen molar-refractivity contribution >= 4 is 53.2 Å². The number of carbonyl (C=O) groups is 1. The van der Waals surface area contributed by atoms with Crippen LogP contribution >= 0.6 is 38.2 Å². The van der Waals surface area contributed by atoms with Gasteiger partial charge in [0.25, 0.3) is 9.05 Å². The minimum atomic E-state index is -4.06. The maximum atomic E-state index is 12.0. The number of carbonyl (C=O) groups excluding carboxylic acids is 1. The van der Waals surface area contributed by atoms with Gasteiger partial charge in [-0.15, -0.1) is 0 Å². The lowest BCUT2D eigenvalue weighted by atomic mass is 10.2. The summed E-state index contributed by atoms with van der Waals surface area (Å²) in [7, 11) is 1.22. The molecule has 2 rings (SSSR count). The van der Waals surface area contributed by atoms with Crippen molar-refractivity contribution in [2.45, 2.75) is 23.8 Å². The fourth-order valence-electron chi connectivity index (χ4n) is 1.91. The Hall–Kier alpha value is -0.340. The molecule has 0 radical (unpaired) electrons. The van der Waals surface area contributed by atoms with Crippen molar-refractivity contribution in [1.82, 2.24) is 0 Å². The van der Waals surface area contributed by atoms with Crippen LogP contribution in [0.4, 0.5) is 0 Å². The van der Waals surface area contributed by atoms with Crippen LogP contribution in [0.1, 0.15) is 23.2 Å². The van der Waals surface area contributed by atoms with Crippen molar-refractivity contribution in [2.24, 2.45) is 0 Å². The van der Waals surface area contributed by atoms with Crippen molar-refractivity contribution < 1.29 is 22.7 Å². The highest BCUT2D eigenvalue weighted by Gasteiger charge is 2.24. The maximum Gasteiger partial charge on any atom is 0.339 e. The van der Waals surface area contributed by atoms with Crippen LogP contribution in [0.15, 0.2) is 21.5 Å². The molecule has 0 bridgehead atoms. The van der Waals surface area contributed by atoms with E-state index in [1.165, 1.54) is 12.1 Å². The summed E-state index contributed by atoms with van der Waals surface area (Å²) in [6.07, 6.45) is 1.62. The van der Waals surface area contributed by atoms with Gasteiger partial charge in [-0.05, 0) is 25.0 Å². The quantitative estimate of drug-likeness (QED) is 0.554. The second kappa shape index (κ2) is 6.83. The van der Waals surface area contributed by atoms with Crippen LogP contribution in [0.3, 0.4) is 0 Å². The fourth-order valence-corrected chi connectivity index (χ4v) is 4.09. The molecule has 1 aromatic rings. The molecule has 0 N–H and O–H groups in total. The Balaban J connectivity index is 2.22. The Labute approximate surface area is 140 Å². The molecule has 1 unspecified atom stereocenters. The van der Waals surface area contributed by atoms with Gasteiger partial charge in [-0.25, -0.2) is 13.2 Å². The predicted molar refractivity (Wildman–Crippen MR) is 81.4 cm³/mol. The highest BCUT2D eigenvalue weighted by atomic mass is 79.9. The lowest BCUT2D eigenvalue weighted by molar-refractivity contribution is 0.0161. The highest BCUT2D eigenvalue weighted by molar-refractivity contribution is 9.10. The van der Waals surface area contributed by atoms with E-state index in [0.29, 0.717) is 11.1 Å². The Bertz CT molecular complexity index is 656. The number of esters is 1. The second-order valence-electron chi connectivity index (χ2n) is 4.44. The number of halogens is 3. The van der Waals surface area contributed by atoms with E-state index in [0.717, 1.165) is 12.8 Å². The molecular formula is C12H11BrCl2O5S. The zero-order chi connectivity index (χ0) is 15.6. The molecule has 116 valence electrons. The highest BCUT2D eigenvalue weighted by Crippen LogP contribution is 2.32. The number of benzene rings is 1. The minimum Gasteiger partial charge on any atom is -0.459 e. The van der Waals surface area contributed by atoms with Crippen LogP contribution in [0.2, 0.25) is 5.02 Å². The van der Waals surface area contributed by atoms with Crippen molar-refractivity contribution in [1.29, 1.82) is 0 Å². The monoisotopic (exact) mass is 416 g/mol. The first-order valence-electron chi connectivity index (χ1n) is 6.01. The van der Waals surface area contributed by atoms with Crippen molar-refractivity contribution in [2.75, 3.05) is 13.2 Å². The molecule has 1 fully saturated rings. The zero-order valence-electron chi connectivity index (χ0n) is 10.6. The number of hydrogen-bond acceptors (Lipinski definition) is 5. The SMILES string of the molecule is O=C(OCC1CCCO1)c1cc(Br)cc(S(=O)(=O)Cl)c1Cl. The van der Waals surface area contributed by atoms with Crippen LogP contribution in [0.25, 0.3) is 0 Å². The first-order valence-corrected chi connectivity index (χ1v) is 9.49. The Kier molecular flexibility index (Phi) is 5.54. The summed E-state index contributed by atoms with van der Waals surface area (Å²) in [5.41, 5.74) is -0.0664. The summed E-state index contributed by atoms with van der Waals surface area (Å²) < 4.78 is 33.7. The van der Waals surface area contributed by atoms with E-state index >= 15 is 0 Å². The van der Waals surface area contributed by atoms with Gasteiger partial charge in [-0.1, -0.05) is 27.5 Å². The van der Waals surface area contributed by atoms with Crippen LogP contribution in [-0.2, 0) is 18.5 Å². The van der Waals surface area contributed by atoms with Gasteiger partial charge in [-0.3, -0.25) is 0 Å². The van der Waals surface area contributed by atoms with Crippen LogP contribution in [0, 0.1) is 0 Å². The molecule has 1 aliphatic heterocycles. The third-order valence-corrected chi connectivity index (χ3v) is 5.23. The van der Waals surface area contributed by atoms with Crippen molar-refractivity contribution in [3.05, 3.63) is 27.2 Å². The molecule has 1 aliphatic rings. The van der Waals surface area contributed by atoms with E-state index in [9.17, 15) is 13.2 Å². The summed E-state index contributed by atoms with van der Waals surface area (Å²) in [6, 6.07) is 2.60. The molecule has 0 aliphatic carbocycles. The number of ether oxygens (including phenoxy) is 2. The average molecular weight is 418 g/mol. The van der Waals surface area contributed by atoms with Crippen molar-refractivity contribution in [3.63, 3.8) is 0 Å². The van der Waals surface area contributed by atoms with Gasteiger partial charge in [0.15, 0.2) is 0 Å². The van der Waals surface area contributed by atoms with E-state index < -0.39 is 15.0 Å². The summed E-state index contributed by atoms with van der Waals surface area (Å²) in [6.45, 7) is 0.749. The summed E-state index contributed by atoms with van der Waals surface area (Å²) >= 11 is 9.05. The van der Waals surface area contributed by atoms with Crippen LogP contribution in [-0.4, -0.2) is 33.7 Å². The molecule has 5 nitrogen and oxygen atoms in total. The molecule has 9 heteroatoms. The first-order chi connectivity index (χ1) is 9.79. The van der Waals surface area contributed by atoms with E-state index in [2.05, 4.69) is 15.9 Å². The van der Waals surface area contributed by atoms with Gasteiger partial charge in [0.1, 0.15) is 11.5 Å². The lowest BCUT2D eigenvalue weighted by Crippen LogP contribution is -2.18. The van der Waals surface area contributed by atoms with Crippen molar-refractivity contribution in [3.8, 4) is 0 Å². The molecule has 1 saturated heterocycles. The van der Waals surface area contributed by atoms with Gasteiger partial charge >= 0.3 is 5.97 Å². The van der Waals surface area contributed by atoms with Gasteiger partial charge in [0.2, 0.25) is 0 Å². The third kappa shape index (κ3) is 4.32. The third-order valence-electron chi connectivity index (χ3n) is 2.91. The first kappa shape index (κ1) is 17.0. The Morgan fingerprint density at radius 2 is 2.19 bits per heavy atom. The summed E-state index contributed by atoms with van der Waals surface area (Å²) in [4.78, 5) is 11.7. The van der Waals surface area contributed by atoms with Gasteiger partial charge in [0.05, 0.1) is 16.7 Å². The van der Waals surface area contributed by atoms with E-state index in [-0.39, 0.29) is 28.2 Å². The number of hydrogen-bond donors (Lipinski definition) is 0. The smallest absolute Gasteiger partial charge is 0.339 e. The standard InChI is InChI=1S/C12H11BrCl2O5S/c13-7-4-9(11(14)10(5-7)21(15,17)18)12(16)20-6-8-2-1-3-19-8/h4-5,8H,1-3,6H2. The molecule has 0 saturated carbocycles. The van der Waals surface area contributed by atoms with E-state index in [1.807, 2.05) is 0 Å². The van der Waals surface area contributed by atoms with E-state index in [1.54, 1.807) is 0 Å². The van der Waals surface area contributed by atoms with Crippen LogP contribution in [0.5, 0.6) is 0 Å². The van der Waals surface area contributed by atoms with Gasteiger partial charge < -0.3 is 9.47 Å². The topological polar surface area (TPSA) is 69.7 Å². The summed E-state index contributed by atoms with van der Waals surface area (Å²) in [5.74, 6) is -0.724. The van der Waals surface area contributed by atoms with Gasteiger partial charge in [0, 0.05) is 21.8 Å². The normalized spacial score (nSPS) is 18.7. The predicted octanol–water partition coefficient (Wildman–Crippen LogP) is 3.37. The molecule has 0 aromatic heterocycles. The molecular weight excluding hydrogens is 407 g/mol. The molecule has 1 heterocycles. The molecule has 1 aromatic carbocycles. The Morgan fingerprint density at radius 3 is 2.76 bits per heavy atom. The fraction of sp³-hybridized carbons (Fsp3) is 0.417. The second-order valence-corrected chi connectivity index (χ2v) is 8.26. The van der Waals surface area contributed by atoms with E-state index in [4.69, 9.17) is 31.8 Å². The summed E-state index contributed by atoms with van der Waals surface area (Å²) in [5, 5.41) is -0.259. The molecule has 0 amide bonds.